The van der Waals surface area contributed by atoms with Gasteiger partial charge in [-0.05, 0) is 31.9 Å². The normalized spacial score (nSPS) is 13.0. The topological polar surface area (TPSA) is 98.1 Å². The number of hydrogen-bond acceptors (Lipinski definition) is 5. The van der Waals surface area contributed by atoms with E-state index in [2.05, 4.69) is 4.98 Å². The van der Waals surface area contributed by atoms with Crippen molar-refractivity contribution in [3.63, 3.8) is 0 Å². The first-order chi connectivity index (χ1) is 11.3. The molecule has 1 atom stereocenters. The number of nitrogens with one attached hydrogen (secondary N) is 1. The van der Waals surface area contributed by atoms with Crippen LogP contribution in [0.2, 0.25) is 0 Å². The SMILES string of the molecule is CCC(C)S(=O)(=O)NC(=O)CCn1cnc2c(C)cccc2c1=O. The van der Waals surface area contributed by atoms with E-state index in [4.69, 9.17) is 0 Å². The highest BCUT2D eigenvalue weighted by atomic mass is 32.2. The Morgan fingerprint density at radius 1 is 1.38 bits per heavy atom. The highest BCUT2D eigenvalue weighted by Crippen LogP contribution is 2.11. The molecule has 1 aromatic carbocycles. The minimum Gasteiger partial charge on any atom is -0.298 e. The number of para-hydroxylation sites is 1. The number of carbonyl (C=O) groups excluding carboxylic acids is 1. The van der Waals surface area contributed by atoms with E-state index in [-0.39, 0.29) is 18.5 Å². The molecule has 1 aromatic heterocycles. The van der Waals surface area contributed by atoms with E-state index >= 15 is 0 Å². The molecule has 2 rings (SSSR count). The molecule has 0 fully saturated rings. The predicted molar refractivity (Wildman–Crippen MR) is 92.2 cm³/mol. The fourth-order valence-corrected chi connectivity index (χ4v) is 3.31. The molecule has 0 saturated heterocycles. The van der Waals surface area contributed by atoms with Crippen LogP contribution >= 0.6 is 0 Å². The van der Waals surface area contributed by atoms with Crippen LogP contribution in [0.5, 0.6) is 0 Å². The van der Waals surface area contributed by atoms with Crippen LogP contribution in [-0.4, -0.2) is 29.1 Å². The Morgan fingerprint density at radius 2 is 2.08 bits per heavy atom. The van der Waals surface area contributed by atoms with Gasteiger partial charge in [-0.15, -0.1) is 0 Å². The maximum Gasteiger partial charge on any atom is 0.261 e. The number of carbonyl (C=O) groups is 1. The molecule has 2 aromatic rings. The van der Waals surface area contributed by atoms with Gasteiger partial charge < -0.3 is 0 Å². The van der Waals surface area contributed by atoms with Crippen LogP contribution in [-0.2, 0) is 21.4 Å². The van der Waals surface area contributed by atoms with Gasteiger partial charge >= 0.3 is 0 Å². The smallest absolute Gasteiger partial charge is 0.261 e. The van der Waals surface area contributed by atoms with Crippen molar-refractivity contribution in [2.45, 2.75) is 45.4 Å². The Hall–Kier alpha value is -2.22. The third kappa shape index (κ3) is 3.81. The van der Waals surface area contributed by atoms with Crippen LogP contribution < -0.4 is 10.3 Å². The summed E-state index contributed by atoms with van der Waals surface area (Å²) in [5, 5.41) is -0.167. The van der Waals surface area contributed by atoms with Gasteiger partial charge in [0.2, 0.25) is 15.9 Å². The van der Waals surface area contributed by atoms with E-state index in [1.54, 1.807) is 19.1 Å². The predicted octanol–water partition coefficient (Wildman–Crippen LogP) is 1.34. The zero-order valence-corrected chi connectivity index (χ0v) is 14.8. The molecule has 130 valence electrons. The molecule has 7 nitrogen and oxygen atoms in total. The lowest BCUT2D eigenvalue weighted by Crippen LogP contribution is -2.37. The van der Waals surface area contributed by atoms with Crippen molar-refractivity contribution in [1.29, 1.82) is 0 Å². The second-order valence-electron chi connectivity index (χ2n) is 5.75. The lowest BCUT2D eigenvalue weighted by Gasteiger charge is -2.12. The molecule has 1 heterocycles. The maximum atomic E-state index is 12.4. The van der Waals surface area contributed by atoms with Crippen molar-refractivity contribution in [1.82, 2.24) is 14.3 Å². The molecule has 24 heavy (non-hydrogen) atoms. The van der Waals surface area contributed by atoms with Crippen molar-refractivity contribution in [3.8, 4) is 0 Å². The molecule has 0 aliphatic carbocycles. The highest BCUT2D eigenvalue weighted by molar-refractivity contribution is 7.90. The van der Waals surface area contributed by atoms with Gasteiger partial charge in [-0.2, -0.15) is 0 Å². The first-order valence-corrected chi connectivity index (χ1v) is 9.30. The van der Waals surface area contributed by atoms with Gasteiger partial charge in [-0.25, -0.2) is 13.4 Å². The van der Waals surface area contributed by atoms with Crippen LogP contribution in [0.25, 0.3) is 10.9 Å². The fraction of sp³-hybridized carbons (Fsp3) is 0.438. The molecular formula is C16H21N3O4S. The standard InChI is InChI=1S/C16H21N3O4S/c1-4-12(3)24(22,23)18-14(20)8-9-19-10-17-15-11(2)6-5-7-13(15)16(19)21/h5-7,10,12H,4,8-9H2,1-3H3,(H,18,20). The zero-order valence-electron chi connectivity index (χ0n) is 13.9. The number of rotatable bonds is 6. The van der Waals surface area contributed by atoms with Crippen molar-refractivity contribution >= 4 is 26.8 Å². The average molecular weight is 351 g/mol. The number of fused-ring (bicyclic) bond motifs is 1. The molecule has 0 saturated carbocycles. The lowest BCUT2D eigenvalue weighted by atomic mass is 10.1. The zero-order chi connectivity index (χ0) is 17.9. The third-order valence-corrected chi connectivity index (χ3v) is 5.90. The molecule has 0 bridgehead atoms. The molecule has 8 heteroatoms. The fourth-order valence-electron chi connectivity index (χ4n) is 2.25. The Balaban J connectivity index is 2.13. The molecule has 0 spiro atoms. The van der Waals surface area contributed by atoms with Crippen LogP contribution in [0.3, 0.4) is 0 Å². The van der Waals surface area contributed by atoms with Crippen LogP contribution in [0.1, 0.15) is 32.3 Å². The minimum atomic E-state index is -3.67. The summed E-state index contributed by atoms with van der Waals surface area (Å²) in [6, 6.07) is 5.32. The summed E-state index contributed by atoms with van der Waals surface area (Å²) >= 11 is 0. The van der Waals surface area contributed by atoms with Gasteiger partial charge in [0.25, 0.3) is 5.56 Å². The van der Waals surface area contributed by atoms with E-state index in [1.165, 1.54) is 17.8 Å². The average Bonchev–Trinajstić information content (AvgIpc) is 2.53. The first kappa shape index (κ1) is 18.1. The summed E-state index contributed by atoms with van der Waals surface area (Å²) in [4.78, 5) is 28.5. The Labute approximate surface area is 140 Å². The van der Waals surface area contributed by atoms with Crippen molar-refractivity contribution < 1.29 is 13.2 Å². The Bertz CT molecular complexity index is 919. The second kappa shape index (κ2) is 7.12. The number of amides is 1. The molecular weight excluding hydrogens is 330 g/mol. The van der Waals surface area contributed by atoms with Gasteiger partial charge in [0.05, 0.1) is 22.5 Å². The highest BCUT2D eigenvalue weighted by Gasteiger charge is 2.21. The monoisotopic (exact) mass is 351 g/mol. The number of aromatic nitrogens is 2. The van der Waals surface area contributed by atoms with Gasteiger partial charge in [0, 0.05) is 13.0 Å². The summed E-state index contributed by atoms with van der Waals surface area (Å²) in [5.41, 5.74) is 1.28. The van der Waals surface area contributed by atoms with Crippen LogP contribution in [0, 0.1) is 6.92 Å². The minimum absolute atomic E-state index is 0.0670. The third-order valence-electron chi connectivity index (χ3n) is 4.00. The summed E-state index contributed by atoms with van der Waals surface area (Å²) in [5.74, 6) is -0.633. The number of benzene rings is 1. The van der Waals surface area contributed by atoms with Crippen LogP contribution in [0.15, 0.2) is 29.3 Å². The second-order valence-corrected chi connectivity index (χ2v) is 7.85. The number of hydrogen-bond donors (Lipinski definition) is 1. The van der Waals surface area contributed by atoms with Crippen molar-refractivity contribution in [3.05, 3.63) is 40.4 Å². The maximum absolute atomic E-state index is 12.4. The summed E-state index contributed by atoms with van der Waals surface area (Å²) in [6.07, 6.45) is 1.68. The molecule has 0 radical (unpaired) electrons. The number of nitrogens with zero attached hydrogens (tertiary/aromatic N) is 2. The Kier molecular flexibility index (Phi) is 5.38. The quantitative estimate of drug-likeness (QED) is 0.847. The van der Waals surface area contributed by atoms with Crippen LogP contribution in [0.4, 0.5) is 0 Å². The summed E-state index contributed by atoms with van der Waals surface area (Å²) in [6.45, 7) is 5.20. The van der Waals surface area contributed by atoms with E-state index in [1.807, 2.05) is 17.7 Å². The molecule has 0 aliphatic heterocycles. The van der Waals surface area contributed by atoms with Gasteiger partial charge in [-0.1, -0.05) is 19.1 Å². The summed E-state index contributed by atoms with van der Waals surface area (Å²) < 4.78 is 27.1. The van der Waals surface area contributed by atoms with E-state index in [0.717, 1.165) is 5.56 Å². The van der Waals surface area contributed by atoms with Gasteiger partial charge in [0.15, 0.2) is 0 Å². The largest absolute Gasteiger partial charge is 0.298 e. The molecule has 1 unspecified atom stereocenters. The van der Waals surface area contributed by atoms with E-state index in [0.29, 0.717) is 17.3 Å². The van der Waals surface area contributed by atoms with Gasteiger partial charge in [-0.3, -0.25) is 18.9 Å². The van der Waals surface area contributed by atoms with Crippen molar-refractivity contribution in [2.24, 2.45) is 0 Å². The number of sulfonamides is 1. The lowest BCUT2D eigenvalue weighted by molar-refractivity contribution is -0.119. The van der Waals surface area contributed by atoms with Gasteiger partial charge in [0.1, 0.15) is 0 Å². The summed E-state index contributed by atoms with van der Waals surface area (Å²) in [7, 11) is -3.67. The van der Waals surface area contributed by atoms with Crippen molar-refractivity contribution in [2.75, 3.05) is 0 Å². The molecule has 0 aliphatic rings. The van der Waals surface area contributed by atoms with E-state index < -0.39 is 21.2 Å². The number of aryl methyl sites for hydroxylation is 2. The molecule has 1 amide bonds. The Morgan fingerprint density at radius 3 is 2.75 bits per heavy atom. The first-order valence-electron chi connectivity index (χ1n) is 7.75. The van der Waals surface area contributed by atoms with E-state index in [9.17, 15) is 18.0 Å². The molecule has 1 N–H and O–H groups in total.